The predicted octanol–water partition coefficient (Wildman–Crippen LogP) is 3.69. The Labute approximate surface area is 103 Å². The summed E-state index contributed by atoms with van der Waals surface area (Å²) in [5, 5.41) is 4.62. The molecule has 2 rings (SSSR count). The second-order valence-electron chi connectivity index (χ2n) is 4.44. The Balaban J connectivity index is 2.27. The minimum absolute atomic E-state index is 0.458. The Hall–Kier alpha value is -1.41. The van der Waals surface area contributed by atoms with E-state index in [1.54, 1.807) is 0 Å². The Kier molecular flexibility index (Phi) is 4.10. The van der Waals surface area contributed by atoms with Crippen LogP contribution >= 0.6 is 0 Å². The molecule has 0 saturated heterocycles. The molecule has 0 fully saturated rings. The Morgan fingerprint density at radius 1 is 1.29 bits per heavy atom. The summed E-state index contributed by atoms with van der Waals surface area (Å²) in [7, 11) is 2.04. The van der Waals surface area contributed by atoms with Gasteiger partial charge in [-0.05, 0) is 37.2 Å². The summed E-state index contributed by atoms with van der Waals surface area (Å²) < 4.78 is 0. The van der Waals surface area contributed by atoms with Gasteiger partial charge in [0.05, 0.1) is 5.52 Å². The largest absolute Gasteiger partial charge is 0.313 e. The Morgan fingerprint density at radius 3 is 2.94 bits per heavy atom. The van der Waals surface area contributed by atoms with Gasteiger partial charge in [-0.15, -0.1) is 0 Å². The number of rotatable bonds is 5. The summed E-state index contributed by atoms with van der Waals surface area (Å²) in [6.07, 6.45) is 5.54. The van der Waals surface area contributed by atoms with E-state index in [1.807, 2.05) is 19.3 Å². The van der Waals surface area contributed by atoms with Crippen LogP contribution in [0.4, 0.5) is 0 Å². The molecule has 0 saturated carbocycles. The van der Waals surface area contributed by atoms with E-state index >= 15 is 0 Å². The molecule has 0 bridgehead atoms. The minimum Gasteiger partial charge on any atom is -0.313 e. The van der Waals surface area contributed by atoms with Crippen LogP contribution in [0, 0.1) is 0 Å². The number of hydrogen-bond donors (Lipinski definition) is 1. The van der Waals surface area contributed by atoms with Gasteiger partial charge < -0.3 is 5.32 Å². The monoisotopic (exact) mass is 228 g/mol. The van der Waals surface area contributed by atoms with Crippen molar-refractivity contribution in [3.63, 3.8) is 0 Å². The van der Waals surface area contributed by atoms with Crippen molar-refractivity contribution in [3.8, 4) is 0 Å². The number of hydrogen-bond acceptors (Lipinski definition) is 2. The number of fused-ring (bicyclic) bond motifs is 1. The van der Waals surface area contributed by atoms with Crippen LogP contribution in [0.2, 0.25) is 0 Å². The molecule has 0 spiro atoms. The van der Waals surface area contributed by atoms with Gasteiger partial charge in [0.1, 0.15) is 0 Å². The number of nitrogens with zero attached hydrogens (tertiary/aromatic N) is 1. The van der Waals surface area contributed by atoms with Crippen molar-refractivity contribution < 1.29 is 0 Å². The molecule has 1 atom stereocenters. The van der Waals surface area contributed by atoms with Crippen molar-refractivity contribution in [2.45, 2.75) is 32.2 Å². The smallest absolute Gasteiger partial charge is 0.0702 e. The first kappa shape index (κ1) is 12.1. The summed E-state index contributed by atoms with van der Waals surface area (Å²) in [5.41, 5.74) is 2.43. The van der Waals surface area contributed by atoms with E-state index in [4.69, 9.17) is 0 Å². The molecule has 90 valence electrons. The van der Waals surface area contributed by atoms with Crippen LogP contribution in [0.1, 0.15) is 37.8 Å². The first-order valence-corrected chi connectivity index (χ1v) is 6.37. The zero-order valence-electron chi connectivity index (χ0n) is 10.6. The van der Waals surface area contributed by atoms with Crippen LogP contribution in [0.15, 0.2) is 36.5 Å². The number of aromatic nitrogens is 1. The topological polar surface area (TPSA) is 24.9 Å². The van der Waals surface area contributed by atoms with Gasteiger partial charge in [0, 0.05) is 17.6 Å². The van der Waals surface area contributed by atoms with Crippen LogP contribution in [0.3, 0.4) is 0 Å². The fraction of sp³-hybridized carbons (Fsp3) is 0.400. The number of pyridine rings is 1. The van der Waals surface area contributed by atoms with Gasteiger partial charge in [0.2, 0.25) is 0 Å². The third-order valence-electron chi connectivity index (χ3n) is 3.22. The second kappa shape index (κ2) is 5.78. The number of benzene rings is 1. The highest BCUT2D eigenvalue weighted by molar-refractivity contribution is 5.79. The Morgan fingerprint density at radius 2 is 2.18 bits per heavy atom. The van der Waals surface area contributed by atoms with E-state index in [9.17, 15) is 0 Å². The van der Waals surface area contributed by atoms with E-state index in [-0.39, 0.29) is 0 Å². The van der Waals surface area contributed by atoms with Crippen LogP contribution in [0.25, 0.3) is 10.9 Å². The number of unbranched alkanes of at least 4 members (excludes halogenated alkanes) is 1. The Bertz CT molecular complexity index is 479. The fourth-order valence-corrected chi connectivity index (χ4v) is 2.20. The summed E-state index contributed by atoms with van der Waals surface area (Å²) >= 11 is 0. The maximum Gasteiger partial charge on any atom is 0.0702 e. The van der Waals surface area contributed by atoms with E-state index < -0.39 is 0 Å². The van der Waals surface area contributed by atoms with Crippen molar-refractivity contribution in [1.82, 2.24) is 10.3 Å². The van der Waals surface area contributed by atoms with Crippen LogP contribution in [0.5, 0.6) is 0 Å². The quantitative estimate of drug-likeness (QED) is 0.844. The van der Waals surface area contributed by atoms with Gasteiger partial charge in [-0.1, -0.05) is 31.9 Å². The van der Waals surface area contributed by atoms with Crippen LogP contribution in [-0.2, 0) is 0 Å². The van der Waals surface area contributed by atoms with Crippen molar-refractivity contribution in [2.75, 3.05) is 7.05 Å². The molecule has 0 aliphatic carbocycles. The summed E-state index contributed by atoms with van der Waals surface area (Å²) in [6, 6.07) is 11.1. The molecular formula is C15H20N2. The molecule has 1 heterocycles. The number of nitrogens with one attached hydrogen (secondary N) is 1. The highest BCUT2D eigenvalue weighted by Crippen LogP contribution is 2.22. The van der Waals surface area contributed by atoms with Crippen molar-refractivity contribution in [2.24, 2.45) is 0 Å². The van der Waals surface area contributed by atoms with Gasteiger partial charge in [-0.3, -0.25) is 4.98 Å². The van der Waals surface area contributed by atoms with Crippen molar-refractivity contribution >= 4 is 10.9 Å². The standard InChI is InChI=1S/C15H20N2/c1-3-4-7-14(16-2)13-8-9-15-12(11-13)6-5-10-17-15/h5-6,8-11,14,16H,3-4,7H2,1-2H3. The molecule has 0 aliphatic rings. The normalized spacial score (nSPS) is 12.8. The fourth-order valence-electron chi connectivity index (χ4n) is 2.20. The molecule has 1 N–H and O–H groups in total. The maximum atomic E-state index is 4.35. The second-order valence-corrected chi connectivity index (χ2v) is 4.44. The first-order valence-electron chi connectivity index (χ1n) is 6.37. The lowest BCUT2D eigenvalue weighted by Crippen LogP contribution is -2.16. The maximum absolute atomic E-state index is 4.35. The van der Waals surface area contributed by atoms with Gasteiger partial charge >= 0.3 is 0 Å². The van der Waals surface area contributed by atoms with Gasteiger partial charge in [-0.2, -0.15) is 0 Å². The lowest BCUT2D eigenvalue weighted by Gasteiger charge is -2.16. The molecular weight excluding hydrogens is 208 g/mol. The van der Waals surface area contributed by atoms with Gasteiger partial charge in [-0.25, -0.2) is 0 Å². The molecule has 1 unspecified atom stereocenters. The van der Waals surface area contributed by atoms with E-state index in [0.717, 1.165) is 5.52 Å². The average Bonchev–Trinajstić information content (AvgIpc) is 2.39. The lowest BCUT2D eigenvalue weighted by atomic mass is 9.99. The van der Waals surface area contributed by atoms with E-state index in [2.05, 4.69) is 41.5 Å². The highest BCUT2D eigenvalue weighted by Gasteiger charge is 2.08. The van der Waals surface area contributed by atoms with Gasteiger partial charge in [0.15, 0.2) is 0 Å². The summed E-state index contributed by atoms with van der Waals surface area (Å²) in [6.45, 7) is 2.23. The lowest BCUT2D eigenvalue weighted by molar-refractivity contribution is 0.523. The molecule has 2 heteroatoms. The first-order chi connectivity index (χ1) is 8.35. The van der Waals surface area contributed by atoms with Crippen LogP contribution < -0.4 is 5.32 Å². The molecule has 1 aromatic heterocycles. The highest BCUT2D eigenvalue weighted by atomic mass is 14.9. The van der Waals surface area contributed by atoms with E-state index in [0.29, 0.717) is 6.04 Å². The predicted molar refractivity (Wildman–Crippen MR) is 73.1 cm³/mol. The average molecular weight is 228 g/mol. The molecule has 2 nitrogen and oxygen atoms in total. The molecule has 0 aliphatic heterocycles. The molecule has 0 radical (unpaired) electrons. The minimum atomic E-state index is 0.458. The summed E-state index contributed by atoms with van der Waals surface area (Å²) in [4.78, 5) is 4.35. The van der Waals surface area contributed by atoms with Crippen molar-refractivity contribution in [1.29, 1.82) is 0 Å². The molecule has 17 heavy (non-hydrogen) atoms. The SMILES string of the molecule is CCCCC(NC)c1ccc2ncccc2c1. The third-order valence-corrected chi connectivity index (χ3v) is 3.22. The third kappa shape index (κ3) is 2.83. The van der Waals surface area contributed by atoms with Gasteiger partial charge in [0.25, 0.3) is 0 Å². The molecule has 0 amide bonds. The van der Waals surface area contributed by atoms with Crippen LogP contribution in [-0.4, -0.2) is 12.0 Å². The molecule has 1 aromatic carbocycles. The van der Waals surface area contributed by atoms with Crippen molar-refractivity contribution in [3.05, 3.63) is 42.1 Å². The summed E-state index contributed by atoms with van der Waals surface area (Å²) in [5.74, 6) is 0. The molecule has 2 aromatic rings. The zero-order valence-corrected chi connectivity index (χ0v) is 10.6. The zero-order chi connectivity index (χ0) is 12.1. The van der Waals surface area contributed by atoms with E-state index in [1.165, 1.54) is 30.2 Å².